The number of piperazine rings is 1. The standard InChI is InChI=1S/C25H34N4O2/c1-4-29-23-8-6-5-7-22(23)26-25(29)18-27-12-13-28(21(17-27)11-14-30)16-20-9-10-24(31-3)19(2)15-20/h5-10,15,21,30H,4,11-14,16-18H2,1-3H3/t21-/m0/s1. The van der Waals surface area contributed by atoms with Crippen molar-refractivity contribution in [3.63, 3.8) is 0 Å². The molecule has 0 bridgehead atoms. The molecule has 6 heteroatoms. The van der Waals surface area contributed by atoms with Crippen molar-refractivity contribution in [3.05, 3.63) is 59.4 Å². The summed E-state index contributed by atoms with van der Waals surface area (Å²) in [7, 11) is 1.71. The fraction of sp³-hybridized carbons (Fsp3) is 0.480. The highest BCUT2D eigenvalue weighted by Gasteiger charge is 2.27. The summed E-state index contributed by atoms with van der Waals surface area (Å²) >= 11 is 0. The lowest BCUT2D eigenvalue weighted by Gasteiger charge is -2.41. The number of ether oxygens (including phenoxy) is 1. The minimum absolute atomic E-state index is 0.212. The van der Waals surface area contributed by atoms with Gasteiger partial charge in [-0.2, -0.15) is 0 Å². The summed E-state index contributed by atoms with van der Waals surface area (Å²) in [5.41, 5.74) is 4.73. The molecule has 166 valence electrons. The zero-order valence-corrected chi connectivity index (χ0v) is 18.9. The highest BCUT2D eigenvalue weighted by molar-refractivity contribution is 5.75. The lowest BCUT2D eigenvalue weighted by molar-refractivity contribution is 0.0483. The normalized spacial score (nSPS) is 18.0. The van der Waals surface area contributed by atoms with Crippen molar-refractivity contribution in [2.45, 2.75) is 45.9 Å². The molecular formula is C25H34N4O2. The van der Waals surface area contributed by atoms with Gasteiger partial charge in [-0.3, -0.25) is 9.80 Å². The van der Waals surface area contributed by atoms with Gasteiger partial charge >= 0.3 is 0 Å². The number of aliphatic hydroxyl groups is 1. The maximum Gasteiger partial charge on any atom is 0.124 e. The maximum atomic E-state index is 9.69. The average Bonchev–Trinajstić information content (AvgIpc) is 3.12. The molecule has 4 rings (SSSR count). The maximum absolute atomic E-state index is 9.69. The van der Waals surface area contributed by atoms with Crippen LogP contribution in [0.3, 0.4) is 0 Å². The molecule has 0 amide bonds. The van der Waals surface area contributed by atoms with Gasteiger partial charge in [-0.05, 0) is 49.6 Å². The van der Waals surface area contributed by atoms with Crippen molar-refractivity contribution in [1.29, 1.82) is 0 Å². The third kappa shape index (κ3) is 4.76. The second-order valence-electron chi connectivity index (χ2n) is 8.44. The Bertz CT molecular complexity index is 1020. The van der Waals surface area contributed by atoms with Crippen LogP contribution >= 0.6 is 0 Å². The van der Waals surface area contributed by atoms with Gasteiger partial charge in [0.05, 0.1) is 24.7 Å². The minimum Gasteiger partial charge on any atom is -0.496 e. The van der Waals surface area contributed by atoms with E-state index in [-0.39, 0.29) is 6.61 Å². The number of rotatable bonds is 8. The topological polar surface area (TPSA) is 53.8 Å². The third-order valence-electron chi connectivity index (χ3n) is 6.41. The van der Waals surface area contributed by atoms with Crippen LogP contribution in [0, 0.1) is 6.92 Å². The van der Waals surface area contributed by atoms with E-state index < -0.39 is 0 Å². The largest absolute Gasteiger partial charge is 0.496 e. The molecule has 2 heterocycles. The summed E-state index contributed by atoms with van der Waals surface area (Å²) in [5.74, 6) is 2.06. The number of aryl methyl sites for hydroxylation is 2. The van der Waals surface area contributed by atoms with Crippen LogP contribution in [-0.4, -0.2) is 63.9 Å². The van der Waals surface area contributed by atoms with Gasteiger partial charge in [0.2, 0.25) is 0 Å². The first-order valence-electron chi connectivity index (χ1n) is 11.3. The molecule has 1 aliphatic rings. The van der Waals surface area contributed by atoms with Crippen LogP contribution in [0.15, 0.2) is 42.5 Å². The number of para-hydroxylation sites is 2. The van der Waals surface area contributed by atoms with Crippen LogP contribution in [-0.2, 0) is 19.6 Å². The number of imidazole rings is 1. The van der Waals surface area contributed by atoms with Gasteiger partial charge < -0.3 is 14.4 Å². The number of hydrogen-bond donors (Lipinski definition) is 1. The van der Waals surface area contributed by atoms with E-state index >= 15 is 0 Å². The van der Waals surface area contributed by atoms with Crippen LogP contribution in [0.4, 0.5) is 0 Å². The lowest BCUT2D eigenvalue weighted by Crippen LogP contribution is -2.52. The van der Waals surface area contributed by atoms with Crippen LogP contribution in [0.1, 0.15) is 30.3 Å². The molecule has 0 aliphatic carbocycles. The Morgan fingerprint density at radius 2 is 1.97 bits per heavy atom. The molecule has 0 unspecified atom stereocenters. The van der Waals surface area contributed by atoms with Gasteiger partial charge in [0.15, 0.2) is 0 Å². The number of benzene rings is 2. The quantitative estimate of drug-likeness (QED) is 0.603. The van der Waals surface area contributed by atoms with Gasteiger partial charge in [-0.25, -0.2) is 4.98 Å². The van der Waals surface area contributed by atoms with E-state index in [1.54, 1.807) is 7.11 Å². The van der Waals surface area contributed by atoms with Gasteiger partial charge in [0, 0.05) is 45.4 Å². The van der Waals surface area contributed by atoms with Crippen molar-refractivity contribution in [2.75, 3.05) is 33.4 Å². The molecule has 1 N–H and O–H groups in total. The molecule has 0 spiro atoms. The fourth-order valence-corrected chi connectivity index (χ4v) is 4.80. The Labute approximate surface area is 185 Å². The summed E-state index contributed by atoms with van der Waals surface area (Å²) in [6, 6.07) is 15.1. The van der Waals surface area contributed by atoms with Crippen molar-refractivity contribution in [1.82, 2.24) is 19.4 Å². The van der Waals surface area contributed by atoms with Gasteiger partial charge in [0.25, 0.3) is 0 Å². The van der Waals surface area contributed by atoms with E-state index in [9.17, 15) is 5.11 Å². The molecule has 1 aliphatic heterocycles. The van der Waals surface area contributed by atoms with Crippen LogP contribution in [0.2, 0.25) is 0 Å². The SMILES string of the molecule is CCn1c(CN2CCN(Cc3ccc(OC)c(C)c3)[C@@H](CCO)C2)nc2ccccc21. The Morgan fingerprint density at radius 3 is 2.71 bits per heavy atom. The average molecular weight is 423 g/mol. The van der Waals surface area contributed by atoms with E-state index in [2.05, 4.69) is 70.7 Å². The van der Waals surface area contributed by atoms with Crippen LogP contribution in [0.25, 0.3) is 11.0 Å². The summed E-state index contributed by atoms with van der Waals surface area (Å²) < 4.78 is 7.72. The lowest BCUT2D eigenvalue weighted by atomic mass is 10.1. The molecular weight excluding hydrogens is 388 g/mol. The molecule has 1 fully saturated rings. The highest BCUT2D eigenvalue weighted by atomic mass is 16.5. The molecule has 6 nitrogen and oxygen atoms in total. The molecule has 0 radical (unpaired) electrons. The third-order valence-corrected chi connectivity index (χ3v) is 6.41. The summed E-state index contributed by atoms with van der Waals surface area (Å²) in [6.07, 6.45) is 0.788. The molecule has 3 aromatic rings. The first kappa shape index (κ1) is 21.8. The first-order valence-corrected chi connectivity index (χ1v) is 11.3. The number of nitrogens with zero attached hydrogens (tertiary/aromatic N) is 4. The summed E-state index contributed by atoms with van der Waals surface area (Å²) in [4.78, 5) is 9.91. The van der Waals surface area contributed by atoms with E-state index in [1.165, 1.54) is 11.1 Å². The number of fused-ring (bicyclic) bond motifs is 1. The predicted octanol–water partition coefficient (Wildman–Crippen LogP) is 3.44. The van der Waals surface area contributed by atoms with Gasteiger partial charge in [0.1, 0.15) is 11.6 Å². The predicted molar refractivity (Wildman–Crippen MR) is 124 cm³/mol. The molecule has 31 heavy (non-hydrogen) atoms. The molecule has 0 saturated carbocycles. The van der Waals surface area contributed by atoms with Gasteiger partial charge in [-0.15, -0.1) is 0 Å². The summed E-state index contributed by atoms with van der Waals surface area (Å²) in [6.45, 7) is 10.1. The van der Waals surface area contributed by atoms with Crippen molar-refractivity contribution in [3.8, 4) is 5.75 Å². The van der Waals surface area contributed by atoms with Crippen molar-refractivity contribution >= 4 is 11.0 Å². The zero-order chi connectivity index (χ0) is 21.8. The van der Waals surface area contributed by atoms with Crippen LogP contribution in [0.5, 0.6) is 5.75 Å². The summed E-state index contributed by atoms with van der Waals surface area (Å²) in [5, 5.41) is 9.69. The van der Waals surface area contributed by atoms with E-state index in [4.69, 9.17) is 9.72 Å². The Hall–Kier alpha value is -2.41. The van der Waals surface area contributed by atoms with Gasteiger partial charge in [-0.1, -0.05) is 24.3 Å². The second-order valence-corrected chi connectivity index (χ2v) is 8.44. The number of aliphatic hydroxyl groups excluding tert-OH is 1. The Balaban J connectivity index is 1.46. The molecule has 1 atom stereocenters. The van der Waals surface area contributed by atoms with Crippen molar-refractivity contribution in [2.24, 2.45) is 0 Å². The second kappa shape index (κ2) is 9.81. The van der Waals surface area contributed by atoms with E-state index in [1.807, 2.05) is 0 Å². The first-order chi connectivity index (χ1) is 15.1. The number of methoxy groups -OCH3 is 1. The van der Waals surface area contributed by atoms with E-state index in [0.717, 1.165) is 68.3 Å². The minimum atomic E-state index is 0.212. The van der Waals surface area contributed by atoms with E-state index in [0.29, 0.717) is 6.04 Å². The Morgan fingerprint density at radius 1 is 1.13 bits per heavy atom. The zero-order valence-electron chi connectivity index (χ0n) is 18.9. The molecule has 1 aromatic heterocycles. The Kier molecular flexibility index (Phi) is 6.90. The highest BCUT2D eigenvalue weighted by Crippen LogP contribution is 2.23. The number of hydrogen-bond acceptors (Lipinski definition) is 5. The monoisotopic (exact) mass is 422 g/mol. The number of aromatic nitrogens is 2. The molecule has 2 aromatic carbocycles. The fourth-order valence-electron chi connectivity index (χ4n) is 4.80. The molecule has 1 saturated heterocycles. The van der Waals surface area contributed by atoms with Crippen LogP contribution < -0.4 is 4.74 Å². The van der Waals surface area contributed by atoms with Crippen molar-refractivity contribution < 1.29 is 9.84 Å². The smallest absolute Gasteiger partial charge is 0.124 e.